The van der Waals surface area contributed by atoms with Crippen LogP contribution < -0.4 is 11.0 Å². The Hall–Kier alpha value is -3.89. The average Bonchev–Trinajstić information content (AvgIpc) is 3.20. The lowest BCUT2D eigenvalue weighted by atomic mass is 10.00. The van der Waals surface area contributed by atoms with E-state index in [1.807, 2.05) is 12.1 Å². The smallest absolute Gasteiger partial charge is 0.358 e. The lowest BCUT2D eigenvalue weighted by molar-refractivity contribution is -0.141. The van der Waals surface area contributed by atoms with Gasteiger partial charge >= 0.3 is 11.9 Å². The molecule has 12 heteroatoms. The van der Waals surface area contributed by atoms with Crippen molar-refractivity contribution in [1.29, 1.82) is 0 Å². The Morgan fingerprint density at radius 2 is 1.54 bits per heavy atom. The molecule has 0 aliphatic rings. The highest BCUT2D eigenvalue weighted by atomic mass is 35.5. The van der Waals surface area contributed by atoms with Crippen molar-refractivity contribution < 1.29 is 13.2 Å². The maximum absolute atomic E-state index is 13.4. The number of pyridine rings is 1. The number of halogens is 5. The predicted molar refractivity (Wildman–Crippen MR) is 136 cm³/mol. The molecule has 7 nitrogen and oxygen atoms in total. The van der Waals surface area contributed by atoms with E-state index in [2.05, 4.69) is 15.4 Å². The Morgan fingerprint density at radius 1 is 0.919 bits per heavy atom. The third-order valence-electron chi connectivity index (χ3n) is 5.65. The van der Waals surface area contributed by atoms with Crippen molar-refractivity contribution in [3.8, 4) is 22.4 Å². The number of nitrogens with zero attached hydrogens (tertiary/aromatic N) is 5. The minimum Gasteiger partial charge on any atom is -0.358 e. The quantitative estimate of drug-likeness (QED) is 0.292. The number of aromatic nitrogens is 5. The van der Waals surface area contributed by atoms with Crippen LogP contribution in [0.1, 0.15) is 11.3 Å². The number of rotatable bonds is 5. The maximum Gasteiger partial charge on any atom is 0.433 e. The molecule has 0 aliphatic heterocycles. The van der Waals surface area contributed by atoms with Crippen LogP contribution in [0.5, 0.6) is 0 Å². The van der Waals surface area contributed by atoms with E-state index in [1.165, 1.54) is 10.5 Å². The molecule has 0 radical (unpaired) electrons. The molecule has 0 amide bonds. The first-order chi connectivity index (χ1) is 17.7. The van der Waals surface area contributed by atoms with Gasteiger partial charge in [-0.1, -0.05) is 53.5 Å². The predicted octanol–water partition coefficient (Wildman–Crippen LogP) is 6.04. The fourth-order valence-corrected chi connectivity index (χ4v) is 4.16. The summed E-state index contributed by atoms with van der Waals surface area (Å²) in [4.78, 5) is 21.6. The molecule has 1 N–H and O–H groups in total. The molecule has 0 bridgehead atoms. The van der Waals surface area contributed by atoms with Crippen LogP contribution in [0.2, 0.25) is 10.0 Å². The summed E-state index contributed by atoms with van der Waals surface area (Å²) in [5, 5.41) is 8.59. The summed E-state index contributed by atoms with van der Waals surface area (Å²) in [6.45, 7) is -0.0921. The molecule has 5 aromatic rings. The number of fused-ring (bicyclic) bond motifs is 1. The molecular weight excluding hydrogens is 528 g/mol. The summed E-state index contributed by atoms with van der Waals surface area (Å²) >= 11 is 12.2. The van der Waals surface area contributed by atoms with Gasteiger partial charge in [-0.3, -0.25) is 4.98 Å². The van der Waals surface area contributed by atoms with E-state index >= 15 is 0 Å². The van der Waals surface area contributed by atoms with Gasteiger partial charge < -0.3 is 5.32 Å². The molecule has 0 spiro atoms. The largest absolute Gasteiger partial charge is 0.433 e. The average molecular weight is 545 g/mol. The fraction of sp³-hybridized carbons (Fsp3) is 0.120. The molecule has 5 rings (SSSR count). The van der Waals surface area contributed by atoms with E-state index in [9.17, 15) is 18.0 Å². The summed E-state index contributed by atoms with van der Waals surface area (Å²) in [5.74, 6) is 0.236. The number of nitrogens with one attached hydrogen (secondary N) is 1. The van der Waals surface area contributed by atoms with Crippen LogP contribution in [-0.4, -0.2) is 31.2 Å². The summed E-state index contributed by atoms with van der Waals surface area (Å²) < 4.78 is 41.2. The number of alkyl halides is 3. The van der Waals surface area contributed by atoms with Crippen molar-refractivity contribution >= 4 is 34.8 Å². The zero-order valence-electron chi connectivity index (χ0n) is 19.1. The summed E-state index contributed by atoms with van der Waals surface area (Å²) in [5.41, 5.74) is 1.70. The van der Waals surface area contributed by atoms with E-state index < -0.39 is 17.6 Å². The Bertz CT molecular complexity index is 1640. The van der Waals surface area contributed by atoms with Crippen molar-refractivity contribution in [2.24, 2.45) is 0 Å². The summed E-state index contributed by atoms with van der Waals surface area (Å²) in [6, 6.07) is 16.2. The SMILES string of the molecule is CNc1nc(-c2ccc(Cl)cc2)c(-c2ccc(Cl)cc2)c2nn(Cc3ccc(C(F)(F)F)nc3)c(=O)n12. The highest BCUT2D eigenvalue weighted by Gasteiger charge is 2.32. The van der Waals surface area contributed by atoms with E-state index in [0.717, 1.165) is 22.5 Å². The standard InChI is InChI=1S/C25H17Cl2F3N6O/c1-31-23-33-21(16-5-9-18(27)10-6-16)20(15-3-7-17(26)8-4-15)22-34-35(24(37)36(22)23)13-14-2-11-19(32-12-14)25(28,29)30/h2-12H,13H2,1H3,(H,31,33). The molecule has 0 atom stereocenters. The Morgan fingerprint density at radius 3 is 2.08 bits per heavy atom. The minimum absolute atomic E-state index is 0.0921. The van der Waals surface area contributed by atoms with Crippen molar-refractivity contribution in [1.82, 2.24) is 24.1 Å². The molecule has 2 aromatic carbocycles. The lowest BCUT2D eigenvalue weighted by Crippen LogP contribution is -2.23. The van der Waals surface area contributed by atoms with Crippen molar-refractivity contribution in [2.75, 3.05) is 12.4 Å². The van der Waals surface area contributed by atoms with Gasteiger partial charge in [-0.15, -0.1) is 5.10 Å². The van der Waals surface area contributed by atoms with Crippen LogP contribution in [0.15, 0.2) is 71.7 Å². The van der Waals surface area contributed by atoms with Crippen LogP contribution in [0, 0.1) is 0 Å². The number of anilines is 1. The highest BCUT2D eigenvalue weighted by molar-refractivity contribution is 6.31. The van der Waals surface area contributed by atoms with Gasteiger partial charge in [-0.05, 0) is 41.5 Å². The van der Waals surface area contributed by atoms with Gasteiger partial charge in [0.2, 0.25) is 5.95 Å². The molecular formula is C25H17Cl2F3N6O. The van der Waals surface area contributed by atoms with Crippen LogP contribution >= 0.6 is 23.2 Å². The fourth-order valence-electron chi connectivity index (χ4n) is 3.91. The minimum atomic E-state index is -4.56. The summed E-state index contributed by atoms with van der Waals surface area (Å²) in [7, 11) is 1.62. The number of hydrogen-bond acceptors (Lipinski definition) is 5. The molecule has 188 valence electrons. The Labute approximate surface area is 218 Å². The number of hydrogen-bond donors (Lipinski definition) is 1. The highest BCUT2D eigenvalue weighted by Crippen LogP contribution is 2.35. The van der Waals surface area contributed by atoms with E-state index in [1.54, 1.807) is 43.4 Å². The monoisotopic (exact) mass is 544 g/mol. The second-order valence-electron chi connectivity index (χ2n) is 8.07. The third kappa shape index (κ3) is 4.77. The molecule has 0 unspecified atom stereocenters. The van der Waals surface area contributed by atoms with Crippen molar-refractivity contribution in [2.45, 2.75) is 12.7 Å². The first-order valence-corrected chi connectivity index (χ1v) is 11.7. The third-order valence-corrected chi connectivity index (χ3v) is 6.15. The molecule has 0 saturated carbocycles. The van der Waals surface area contributed by atoms with Gasteiger partial charge in [0.05, 0.1) is 17.8 Å². The van der Waals surface area contributed by atoms with Gasteiger partial charge in [0.15, 0.2) is 5.65 Å². The van der Waals surface area contributed by atoms with Crippen LogP contribution in [0.3, 0.4) is 0 Å². The van der Waals surface area contributed by atoms with Crippen LogP contribution in [0.25, 0.3) is 28.0 Å². The second kappa shape index (κ2) is 9.53. The van der Waals surface area contributed by atoms with Crippen molar-refractivity contribution in [3.05, 3.63) is 98.6 Å². The van der Waals surface area contributed by atoms with E-state index in [-0.39, 0.29) is 12.5 Å². The molecule has 0 aliphatic carbocycles. The van der Waals surface area contributed by atoms with Gasteiger partial charge in [0.25, 0.3) is 0 Å². The molecule has 0 fully saturated rings. The van der Waals surface area contributed by atoms with Gasteiger partial charge in [-0.25, -0.2) is 18.9 Å². The maximum atomic E-state index is 13.4. The molecule has 0 saturated heterocycles. The molecule has 3 heterocycles. The Balaban J connectivity index is 1.73. The normalized spacial score (nSPS) is 11.7. The van der Waals surface area contributed by atoms with Crippen LogP contribution in [0.4, 0.5) is 19.1 Å². The zero-order valence-corrected chi connectivity index (χ0v) is 20.6. The van der Waals surface area contributed by atoms with Crippen molar-refractivity contribution in [3.63, 3.8) is 0 Å². The second-order valence-corrected chi connectivity index (χ2v) is 8.94. The first-order valence-electron chi connectivity index (χ1n) is 10.9. The Kier molecular flexibility index (Phi) is 6.38. The van der Waals surface area contributed by atoms with Crippen LogP contribution in [-0.2, 0) is 12.7 Å². The topological polar surface area (TPSA) is 77.1 Å². The lowest BCUT2D eigenvalue weighted by Gasteiger charge is -2.13. The molecule has 37 heavy (non-hydrogen) atoms. The van der Waals surface area contributed by atoms with E-state index in [4.69, 9.17) is 28.2 Å². The first kappa shape index (κ1) is 24.8. The molecule has 3 aromatic heterocycles. The zero-order chi connectivity index (χ0) is 26.3. The van der Waals surface area contributed by atoms with Gasteiger partial charge in [0.1, 0.15) is 5.69 Å². The summed E-state index contributed by atoms with van der Waals surface area (Å²) in [6.07, 6.45) is -3.48. The number of benzene rings is 2. The van der Waals surface area contributed by atoms with Gasteiger partial charge in [0, 0.05) is 28.9 Å². The van der Waals surface area contributed by atoms with Gasteiger partial charge in [-0.2, -0.15) is 13.2 Å². The van der Waals surface area contributed by atoms with E-state index in [0.29, 0.717) is 38.1 Å².